The Hall–Kier alpha value is -1.84. The van der Waals surface area contributed by atoms with Crippen molar-refractivity contribution in [3.8, 4) is 5.75 Å². The molecule has 0 radical (unpaired) electrons. The van der Waals surface area contributed by atoms with Crippen LogP contribution >= 0.6 is 0 Å². The molecule has 1 aromatic rings. The van der Waals surface area contributed by atoms with Crippen molar-refractivity contribution in [3.63, 3.8) is 0 Å². The van der Waals surface area contributed by atoms with E-state index in [1.54, 1.807) is 13.8 Å². The summed E-state index contributed by atoms with van der Waals surface area (Å²) in [5.41, 5.74) is 1.02. The number of aldehydes is 1. The third-order valence-electron chi connectivity index (χ3n) is 1.97. The maximum absolute atomic E-state index is 10.8. The number of carboxylic acids is 1. The minimum absolute atomic E-state index is 0.0954. The van der Waals surface area contributed by atoms with Crippen LogP contribution in [0, 0.1) is 6.92 Å². The summed E-state index contributed by atoms with van der Waals surface area (Å²) in [5.74, 6) is -0.596. The smallest absolute Gasteiger partial charge is 0.335 e. The number of carbonyl (C=O) groups is 2. The quantitative estimate of drug-likeness (QED) is 0.767. The van der Waals surface area contributed by atoms with E-state index in [1.807, 2.05) is 0 Å². The number of benzene rings is 1. The molecule has 4 nitrogen and oxygen atoms in total. The molecule has 0 fully saturated rings. The summed E-state index contributed by atoms with van der Waals surface area (Å²) in [6.45, 7) is 3.96. The normalized spacial score (nSPS) is 9.73. The van der Waals surface area contributed by atoms with Gasteiger partial charge in [0.2, 0.25) is 0 Å². The molecule has 15 heavy (non-hydrogen) atoms. The monoisotopic (exact) mass is 208 g/mol. The first-order valence-corrected chi connectivity index (χ1v) is 4.56. The minimum atomic E-state index is -1.05. The van der Waals surface area contributed by atoms with Gasteiger partial charge in [0.15, 0.2) is 6.29 Å². The highest BCUT2D eigenvalue weighted by atomic mass is 16.5. The molecule has 0 bridgehead atoms. The topological polar surface area (TPSA) is 63.6 Å². The van der Waals surface area contributed by atoms with E-state index >= 15 is 0 Å². The summed E-state index contributed by atoms with van der Waals surface area (Å²) in [6.07, 6.45) is 0.602. The molecule has 1 N–H and O–H groups in total. The van der Waals surface area contributed by atoms with Crippen LogP contribution in [0.25, 0.3) is 0 Å². The number of hydrogen-bond donors (Lipinski definition) is 1. The Morgan fingerprint density at radius 3 is 2.67 bits per heavy atom. The van der Waals surface area contributed by atoms with E-state index in [2.05, 4.69) is 0 Å². The highest BCUT2D eigenvalue weighted by molar-refractivity contribution is 5.92. The molecule has 0 aliphatic carbocycles. The van der Waals surface area contributed by atoms with Gasteiger partial charge in [-0.25, -0.2) is 4.79 Å². The van der Waals surface area contributed by atoms with Gasteiger partial charge in [0.05, 0.1) is 17.7 Å². The van der Waals surface area contributed by atoms with Crippen LogP contribution < -0.4 is 4.74 Å². The third kappa shape index (κ3) is 2.34. The first kappa shape index (κ1) is 11.2. The van der Waals surface area contributed by atoms with E-state index in [-0.39, 0.29) is 11.1 Å². The van der Waals surface area contributed by atoms with E-state index < -0.39 is 5.97 Å². The van der Waals surface area contributed by atoms with E-state index in [9.17, 15) is 9.59 Å². The predicted octanol–water partition coefficient (Wildman–Crippen LogP) is 1.90. The van der Waals surface area contributed by atoms with E-state index in [0.717, 1.165) is 0 Å². The second-order valence-corrected chi connectivity index (χ2v) is 3.07. The summed E-state index contributed by atoms with van der Waals surface area (Å²) in [7, 11) is 0. The number of hydrogen-bond acceptors (Lipinski definition) is 3. The average molecular weight is 208 g/mol. The molecule has 0 spiro atoms. The van der Waals surface area contributed by atoms with Crippen molar-refractivity contribution in [1.82, 2.24) is 0 Å². The Morgan fingerprint density at radius 1 is 1.53 bits per heavy atom. The lowest BCUT2D eigenvalue weighted by Crippen LogP contribution is -2.03. The van der Waals surface area contributed by atoms with Crippen LogP contribution in [0.4, 0.5) is 0 Å². The first-order chi connectivity index (χ1) is 7.10. The average Bonchev–Trinajstić information content (AvgIpc) is 2.20. The molecule has 0 heterocycles. The van der Waals surface area contributed by atoms with Crippen molar-refractivity contribution in [2.75, 3.05) is 6.61 Å². The highest BCUT2D eigenvalue weighted by Gasteiger charge is 2.12. The molecule has 0 unspecified atom stereocenters. The van der Waals surface area contributed by atoms with Gasteiger partial charge < -0.3 is 9.84 Å². The molecule has 0 saturated heterocycles. The Labute approximate surface area is 87.5 Å². The molecule has 0 amide bonds. The number of aryl methyl sites for hydroxylation is 1. The van der Waals surface area contributed by atoms with Crippen molar-refractivity contribution in [3.05, 3.63) is 28.8 Å². The van der Waals surface area contributed by atoms with Crippen LogP contribution in [0.15, 0.2) is 12.1 Å². The fourth-order valence-electron chi connectivity index (χ4n) is 1.35. The van der Waals surface area contributed by atoms with Gasteiger partial charge in [-0.3, -0.25) is 4.79 Å². The number of ether oxygens (including phenoxy) is 1. The van der Waals surface area contributed by atoms with E-state index in [1.165, 1.54) is 12.1 Å². The van der Waals surface area contributed by atoms with E-state index in [4.69, 9.17) is 9.84 Å². The molecule has 1 aromatic carbocycles. The van der Waals surface area contributed by atoms with Crippen LogP contribution in [0.1, 0.15) is 33.2 Å². The summed E-state index contributed by atoms with van der Waals surface area (Å²) < 4.78 is 5.27. The fourth-order valence-corrected chi connectivity index (χ4v) is 1.35. The van der Waals surface area contributed by atoms with Crippen molar-refractivity contribution in [2.45, 2.75) is 13.8 Å². The van der Waals surface area contributed by atoms with Gasteiger partial charge in [0.1, 0.15) is 5.75 Å². The number of carbonyl (C=O) groups excluding carboxylic acids is 1. The van der Waals surface area contributed by atoms with Crippen molar-refractivity contribution in [2.24, 2.45) is 0 Å². The van der Waals surface area contributed by atoms with Gasteiger partial charge in [0.25, 0.3) is 0 Å². The molecule has 1 rings (SSSR count). The van der Waals surface area contributed by atoms with Gasteiger partial charge in [-0.1, -0.05) is 0 Å². The highest BCUT2D eigenvalue weighted by Crippen LogP contribution is 2.24. The Balaban J connectivity index is 3.30. The van der Waals surface area contributed by atoms with Crippen molar-refractivity contribution < 1.29 is 19.4 Å². The number of carboxylic acid groups (broad SMARTS) is 1. The van der Waals surface area contributed by atoms with Crippen LogP contribution in [-0.4, -0.2) is 24.0 Å². The molecule has 0 saturated carbocycles. The molecule has 0 aliphatic rings. The van der Waals surface area contributed by atoms with Gasteiger partial charge in [-0.2, -0.15) is 0 Å². The van der Waals surface area contributed by atoms with Crippen LogP contribution in [0.5, 0.6) is 5.75 Å². The molecular weight excluding hydrogens is 196 g/mol. The Morgan fingerprint density at radius 2 is 2.20 bits per heavy atom. The summed E-state index contributed by atoms with van der Waals surface area (Å²) >= 11 is 0. The number of rotatable bonds is 4. The predicted molar refractivity (Wildman–Crippen MR) is 54.7 cm³/mol. The number of aromatic carboxylic acids is 1. The maximum Gasteiger partial charge on any atom is 0.335 e. The van der Waals surface area contributed by atoms with Gasteiger partial charge in [-0.05, 0) is 31.5 Å². The van der Waals surface area contributed by atoms with Gasteiger partial charge >= 0.3 is 5.97 Å². The van der Waals surface area contributed by atoms with Crippen LogP contribution in [0.3, 0.4) is 0 Å². The fraction of sp³-hybridized carbons (Fsp3) is 0.273. The first-order valence-electron chi connectivity index (χ1n) is 4.56. The Kier molecular flexibility index (Phi) is 3.44. The van der Waals surface area contributed by atoms with Gasteiger partial charge in [0, 0.05) is 0 Å². The summed E-state index contributed by atoms with van der Waals surface area (Å²) in [5, 5.41) is 8.79. The zero-order chi connectivity index (χ0) is 11.4. The Bertz CT molecular complexity index is 396. The molecule has 0 aromatic heterocycles. The van der Waals surface area contributed by atoms with Crippen LogP contribution in [0.2, 0.25) is 0 Å². The lowest BCUT2D eigenvalue weighted by molar-refractivity contribution is 0.0696. The second-order valence-electron chi connectivity index (χ2n) is 3.07. The minimum Gasteiger partial charge on any atom is -0.493 e. The maximum atomic E-state index is 10.8. The standard InChI is InChI=1S/C11H12O4/c1-3-15-10-7(2)4-8(11(13)14)5-9(10)6-12/h4-6H,3H2,1-2H3,(H,13,14). The zero-order valence-corrected chi connectivity index (χ0v) is 8.61. The molecule has 0 atom stereocenters. The van der Waals surface area contributed by atoms with Gasteiger partial charge in [-0.15, -0.1) is 0 Å². The second kappa shape index (κ2) is 4.59. The molecule has 0 aliphatic heterocycles. The third-order valence-corrected chi connectivity index (χ3v) is 1.97. The van der Waals surface area contributed by atoms with Crippen LogP contribution in [-0.2, 0) is 0 Å². The molecule has 80 valence electrons. The SMILES string of the molecule is CCOc1c(C)cc(C(=O)O)cc1C=O. The van der Waals surface area contributed by atoms with E-state index in [0.29, 0.717) is 24.2 Å². The van der Waals surface area contributed by atoms with Crippen molar-refractivity contribution >= 4 is 12.3 Å². The van der Waals surface area contributed by atoms with Crippen molar-refractivity contribution in [1.29, 1.82) is 0 Å². The largest absolute Gasteiger partial charge is 0.493 e. The zero-order valence-electron chi connectivity index (χ0n) is 8.61. The lowest BCUT2D eigenvalue weighted by Gasteiger charge is -2.10. The summed E-state index contributed by atoms with van der Waals surface area (Å²) in [4.78, 5) is 21.5. The lowest BCUT2D eigenvalue weighted by atomic mass is 10.1. The molecular formula is C11H12O4. The molecule has 4 heteroatoms. The summed E-state index contributed by atoms with van der Waals surface area (Å²) in [6, 6.07) is 2.80.